The van der Waals surface area contributed by atoms with E-state index in [9.17, 15) is 14.7 Å². The monoisotopic (exact) mass is 325 g/mol. The molecule has 0 saturated carbocycles. The molecule has 2 aromatic carbocycles. The van der Waals surface area contributed by atoms with E-state index in [2.05, 4.69) is 5.32 Å². The summed E-state index contributed by atoms with van der Waals surface area (Å²) in [6.07, 6.45) is 0.948. The zero-order valence-corrected chi connectivity index (χ0v) is 13.2. The van der Waals surface area contributed by atoms with Gasteiger partial charge in [0.1, 0.15) is 0 Å². The lowest BCUT2D eigenvalue weighted by molar-refractivity contribution is 0.0697. The van der Waals surface area contributed by atoms with Crippen LogP contribution in [0.4, 0.5) is 0 Å². The first-order valence-corrected chi connectivity index (χ1v) is 7.94. The molecule has 5 nitrogen and oxygen atoms in total. The maximum atomic E-state index is 12.6. The predicted octanol–water partition coefficient (Wildman–Crippen LogP) is 2.82. The summed E-state index contributed by atoms with van der Waals surface area (Å²) in [6, 6.07) is 13.8. The van der Waals surface area contributed by atoms with Gasteiger partial charge in [0.05, 0.1) is 12.2 Å². The Morgan fingerprint density at radius 3 is 2.29 bits per heavy atom. The number of carboxylic acids is 1. The van der Waals surface area contributed by atoms with Crippen LogP contribution >= 0.6 is 0 Å². The molecule has 24 heavy (non-hydrogen) atoms. The van der Waals surface area contributed by atoms with Gasteiger partial charge in [-0.05, 0) is 29.7 Å². The Balaban J connectivity index is 1.88. The third kappa shape index (κ3) is 3.46. The van der Waals surface area contributed by atoms with Crippen LogP contribution in [0.3, 0.4) is 0 Å². The van der Waals surface area contributed by atoms with Crippen molar-refractivity contribution in [1.29, 1.82) is 0 Å². The molecule has 1 unspecified atom stereocenters. The topological polar surface area (TPSA) is 75.6 Å². The van der Waals surface area contributed by atoms with Crippen molar-refractivity contribution in [2.75, 3.05) is 19.8 Å². The molecule has 1 amide bonds. The van der Waals surface area contributed by atoms with Gasteiger partial charge in [-0.2, -0.15) is 0 Å². The van der Waals surface area contributed by atoms with Crippen LogP contribution in [0.15, 0.2) is 48.5 Å². The molecule has 2 aromatic rings. The number of carboxylic acid groups (broad SMARTS) is 1. The first-order valence-electron chi connectivity index (χ1n) is 7.94. The molecule has 0 radical (unpaired) electrons. The van der Waals surface area contributed by atoms with Gasteiger partial charge < -0.3 is 15.2 Å². The molecule has 2 N–H and O–H groups in total. The van der Waals surface area contributed by atoms with Crippen molar-refractivity contribution in [3.63, 3.8) is 0 Å². The number of carbonyl (C=O) groups excluding carboxylic acids is 1. The van der Waals surface area contributed by atoms with Gasteiger partial charge in [0.25, 0.3) is 5.91 Å². The number of carbonyl (C=O) groups is 2. The second-order valence-corrected chi connectivity index (χ2v) is 5.84. The van der Waals surface area contributed by atoms with Gasteiger partial charge in [0, 0.05) is 24.6 Å². The summed E-state index contributed by atoms with van der Waals surface area (Å²) in [6.45, 7) is 1.97. The van der Waals surface area contributed by atoms with Crippen LogP contribution in [0.1, 0.15) is 27.1 Å². The molecule has 1 heterocycles. The van der Waals surface area contributed by atoms with Gasteiger partial charge in [-0.25, -0.2) is 4.79 Å². The Bertz CT molecular complexity index is 751. The average molecular weight is 325 g/mol. The molecule has 1 fully saturated rings. The zero-order valence-electron chi connectivity index (χ0n) is 13.2. The smallest absolute Gasteiger partial charge is 0.336 e. The number of nitrogens with one attached hydrogen (secondary N) is 1. The Morgan fingerprint density at radius 1 is 1.04 bits per heavy atom. The van der Waals surface area contributed by atoms with Crippen LogP contribution < -0.4 is 5.32 Å². The molecule has 1 atom stereocenters. The SMILES string of the molecule is O=C(O)c1ccccc1-c1ccccc1C(=O)NCC1CCOC1. The van der Waals surface area contributed by atoms with Crippen LogP contribution in [0.2, 0.25) is 0 Å². The summed E-state index contributed by atoms with van der Waals surface area (Å²) in [5.41, 5.74) is 1.82. The second-order valence-electron chi connectivity index (χ2n) is 5.84. The number of benzene rings is 2. The van der Waals surface area contributed by atoms with Crippen LogP contribution in [0.25, 0.3) is 11.1 Å². The highest BCUT2D eigenvalue weighted by Crippen LogP contribution is 2.27. The molecule has 0 aromatic heterocycles. The number of hydrogen-bond acceptors (Lipinski definition) is 3. The fraction of sp³-hybridized carbons (Fsp3) is 0.263. The van der Waals surface area contributed by atoms with E-state index in [0.717, 1.165) is 13.0 Å². The number of rotatable bonds is 5. The largest absolute Gasteiger partial charge is 0.478 e. The van der Waals surface area contributed by atoms with Crippen molar-refractivity contribution in [1.82, 2.24) is 5.32 Å². The summed E-state index contributed by atoms with van der Waals surface area (Å²) in [5, 5.41) is 12.3. The van der Waals surface area contributed by atoms with Crippen molar-refractivity contribution in [3.8, 4) is 11.1 Å². The van der Waals surface area contributed by atoms with E-state index < -0.39 is 5.97 Å². The van der Waals surface area contributed by atoms with E-state index in [4.69, 9.17) is 4.74 Å². The van der Waals surface area contributed by atoms with Crippen LogP contribution in [0, 0.1) is 5.92 Å². The Kier molecular flexibility index (Phi) is 4.91. The average Bonchev–Trinajstić information content (AvgIpc) is 3.13. The van der Waals surface area contributed by atoms with Gasteiger partial charge >= 0.3 is 5.97 Å². The van der Waals surface area contributed by atoms with Gasteiger partial charge in [-0.1, -0.05) is 36.4 Å². The highest BCUT2D eigenvalue weighted by Gasteiger charge is 2.20. The molecule has 1 aliphatic rings. The minimum absolute atomic E-state index is 0.182. The van der Waals surface area contributed by atoms with Crippen molar-refractivity contribution in [3.05, 3.63) is 59.7 Å². The number of ether oxygens (including phenoxy) is 1. The van der Waals surface area contributed by atoms with Crippen LogP contribution in [-0.4, -0.2) is 36.7 Å². The van der Waals surface area contributed by atoms with Gasteiger partial charge in [0.2, 0.25) is 0 Å². The summed E-state index contributed by atoms with van der Waals surface area (Å²) < 4.78 is 5.31. The van der Waals surface area contributed by atoms with Crippen molar-refractivity contribution in [2.45, 2.75) is 6.42 Å². The van der Waals surface area contributed by atoms with Crippen LogP contribution in [-0.2, 0) is 4.74 Å². The minimum atomic E-state index is -1.01. The van der Waals surface area contributed by atoms with Crippen molar-refractivity contribution >= 4 is 11.9 Å². The van der Waals surface area contributed by atoms with Gasteiger partial charge in [0.15, 0.2) is 0 Å². The van der Waals surface area contributed by atoms with Gasteiger partial charge in [-0.15, -0.1) is 0 Å². The molecule has 3 rings (SSSR count). The minimum Gasteiger partial charge on any atom is -0.478 e. The third-order valence-electron chi connectivity index (χ3n) is 4.19. The quantitative estimate of drug-likeness (QED) is 0.886. The number of aromatic carboxylic acids is 1. The van der Waals surface area contributed by atoms with E-state index >= 15 is 0 Å². The summed E-state index contributed by atoms with van der Waals surface area (Å²) in [5.74, 6) is -0.867. The summed E-state index contributed by atoms with van der Waals surface area (Å²) >= 11 is 0. The molecule has 5 heteroatoms. The molecule has 1 saturated heterocycles. The van der Waals surface area contributed by atoms with Crippen LogP contribution in [0.5, 0.6) is 0 Å². The summed E-state index contributed by atoms with van der Waals surface area (Å²) in [7, 11) is 0. The molecular formula is C19H19NO4. The summed E-state index contributed by atoms with van der Waals surface area (Å²) in [4.78, 5) is 24.0. The van der Waals surface area contributed by atoms with Gasteiger partial charge in [-0.3, -0.25) is 4.79 Å². The molecule has 0 aliphatic carbocycles. The van der Waals surface area contributed by atoms with E-state index in [0.29, 0.717) is 35.8 Å². The molecule has 124 valence electrons. The maximum absolute atomic E-state index is 12.6. The number of hydrogen-bond donors (Lipinski definition) is 2. The molecule has 0 bridgehead atoms. The lowest BCUT2D eigenvalue weighted by atomic mass is 9.95. The zero-order chi connectivity index (χ0) is 16.9. The van der Waals surface area contributed by atoms with E-state index in [1.807, 2.05) is 0 Å². The third-order valence-corrected chi connectivity index (χ3v) is 4.19. The fourth-order valence-electron chi connectivity index (χ4n) is 2.90. The van der Waals surface area contributed by atoms with E-state index in [1.54, 1.807) is 48.5 Å². The Morgan fingerprint density at radius 2 is 1.67 bits per heavy atom. The highest BCUT2D eigenvalue weighted by molar-refractivity contribution is 6.04. The maximum Gasteiger partial charge on any atom is 0.336 e. The van der Waals surface area contributed by atoms with E-state index in [-0.39, 0.29) is 11.5 Å². The number of amides is 1. The van der Waals surface area contributed by atoms with Crippen molar-refractivity contribution < 1.29 is 19.4 Å². The van der Waals surface area contributed by atoms with E-state index in [1.165, 1.54) is 0 Å². The molecular weight excluding hydrogens is 306 g/mol. The normalized spacial score (nSPS) is 16.8. The first kappa shape index (κ1) is 16.2. The standard InChI is InChI=1S/C19H19NO4/c21-18(20-11-13-9-10-24-12-13)16-7-3-1-5-14(16)15-6-2-4-8-17(15)19(22)23/h1-8,13H,9-12H2,(H,20,21)(H,22,23). The first-order chi connectivity index (χ1) is 11.7. The lowest BCUT2D eigenvalue weighted by Crippen LogP contribution is -2.29. The second kappa shape index (κ2) is 7.27. The highest BCUT2D eigenvalue weighted by atomic mass is 16.5. The predicted molar refractivity (Wildman–Crippen MR) is 90.1 cm³/mol. The van der Waals surface area contributed by atoms with Crippen molar-refractivity contribution in [2.24, 2.45) is 5.92 Å². The molecule has 0 spiro atoms. The lowest BCUT2D eigenvalue weighted by Gasteiger charge is -2.14. The Labute approximate surface area is 140 Å². The Hall–Kier alpha value is -2.66. The molecule has 1 aliphatic heterocycles. The fourth-order valence-corrected chi connectivity index (χ4v) is 2.90.